The lowest BCUT2D eigenvalue weighted by Crippen LogP contribution is -2.28. The van der Waals surface area contributed by atoms with Crippen LogP contribution in [0.4, 0.5) is 5.69 Å². The van der Waals surface area contributed by atoms with Crippen molar-refractivity contribution in [1.82, 2.24) is 0 Å². The third-order valence-electron chi connectivity index (χ3n) is 3.82. The molecule has 1 heterocycles. The molecule has 5 heteroatoms. The monoisotopic (exact) mass is 295 g/mol. The zero-order valence-electron chi connectivity index (χ0n) is 12.0. The van der Waals surface area contributed by atoms with E-state index in [4.69, 9.17) is 0 Å². The number of benzene rings is 1. The first-order valence-corrected chi connectivity index (χ1v) is 8.75. The summed E-state index contributed by atoms with van der Waals surface area (Å²) in [5.74, 6) is 0.269. The lowest BCUT2D eigenvalue weighted by atomic mass is 10.0. The van der Waals surface area contributed by atoms with Crippen molar-refractivity contribution >= 4 is 21.4 Å². The van der Waals surface area contributed by atoms with Crippen LogP contribution in [0.5, 0.6) is 0 Å². The van der Waals surface area contributed by atoms with Crippen LogP contribution in [0.3, 0.4) is 0 Å². The second-order valence-electron chi connectivity index (χ2n) is 5.67. The number of rotatable bonds is 3. The van der Waals surface area contributed by atoms with Crippen molar-refractivity contribution in [3.8, 4) is 0 Å². The Balaban J connectivity index is 1.93. The summed E-state index contributed by atoms with van der Waals surface area (Å²) in [6.45, 7) is 4.02. The molecule has 0 aliphatic carbocycles. The highest BCUT2D eigenvalue weighted by Crippen LogP contribution is 2.22. The van der Waals surface area contributed by atoms with Crippen LogP contribution in [-0.2, 0) is 14.6 Å². The van der Waals surface area contributed by atoms with Gasteiger partial charge in [-0.1, -0.05) is 6.07 Å². The van der Waals surface area contributed by atoms with Gasteiger partial charge in [0.05, 0.1) is 11.5 Å². The van der Waals surface area contributed by atoms with E-state index >= 15 is 0 Å². The average molecular weight is 295 g/mol. The largest absolute Gasteiger partial charge is 0.326 e. The Morgan fingerprint density at radius 3 is 2.70 bits per heavy atom. The van der Waals surface area contributed by atoms with Crippen molar-refractivity contribution < 1.29 is 13.2 Å². The van der Waals surface area contributed by atoms with Crippen LogP contribution in [0.15, 0.2) is 18.2 Å². The molecule has 1 aromatic carbocycles. The third-order valence-corrected chi connectivity index (χ3v) is 5.71. The van der Waals surface area contributed by atoms with Crippen LogP contribution in [0.2, 0.25) is 0 Å². The Hall–Kier alpha value is -1.36. The Kier molecular flexibility index (Phi) is 4.48. The van der Waals surface area contributed by atoms with E-state index in [2.05, 4.69) is 5.32 Å². The fraction of sp³-hybridized carbons (Fsp3) is 0.533. The van der Waals surface area contributed by atoms with E-state index in [0.717, 1.165) is 17.7 Å². The van der Waals surface area contributed by atoms with Gasteiger partial charge in [-0.25, -0.2) is 8.42 Å². The van der Waals surface area contributed by atoms with Crippen LogP contribution in [0.1, 0.15) is 30.4 Å². The second-order valence-corrected chi connectivity index (χ2v) is 7.90. The predicted octanol–water partition coefficient (Wildman–Crippen LogP) is 2.46. The summed E-state index contributed by atoms with van der Waals surface area (Å²) in [5, 5.41) is 2.85. The van der Waals surface area contributed by atoms with E-state index in [-0.39, 0.29) is 29.8 Å². The highest BCUT2D eigenvalue weighted by Gasteiger charge is 2.26. The Labute approximate surface area is 120 Å². The Morgan fingerprint density at radius 1 is 1.30 bits per heavy atom. The van der Waals surface area contributed by atoms with Crippen LogP contribution >= 0.6 is 0 Å². The first-order valence-electron chi connectivity index (χ1n) is 6.93. The molecule has 2 rings (SSSR count). The molecule has 1 aromatic rings. The number of hydrogen-bond donors (Lipinski definition) is 1. The molecule has 1 saturated heterocycles. The van der Waals surface area contributed by atoms with Crippen molar-refractivity contribution in [2.75, 3.05) is 16.8 Å². The quantitative estimate of drug-likeness (QED) is 0.931. The van der Waals surface area contributed by atoms with Gasteiger partial charge in [-0.15, -0.1) is 0 Å². The first-order chi connectivity index (χ1) is 9.35. The first kappa shape index (κ1) is 15.0. The Morgan fingerprint density at radius 2 is 2.05 bits per heavy atom. The van der Waals surface area contributed by atoms with Gasteiger partial charge >= 0.3 is 0 Å². The molecule has 1 fully saturated rings. The molecule has 0 saturated carbocycles. The number of carbonyl (C=O) groups is 1. The van der Waals surface area contributed by atoms with Crippen LogP contribution in [-0.4, -0.2) is 25.8 Å². The smallest absolute Gasteiger partial charge is 0.224 e. The summed E-state index contributed by atoms with van der Waals surface area (Å²) in [7, 11) is -2.94. The topological polar surface area (TPSA) is 63.2 Å². The van der Waals surface area contributed by atoms with Gasteiger partial charge in [0.1, 0.15) is 0 Å². The highest BCUT2D eigenvalue weighted by molar-refractivity contribution is 7.91. The maximum absolute atomic E-state index is 12.0. The van der Waals surface area contributed by atoms with Gasteiger partial charge in [0.25, 0.3) is 0 Å². The van der Waals surface area contributed by atoms with E-state index in [9.17, 15) is 13.2 Å². The number of nitrogens with one attached hydrogen (secondary N) is 1. The lowest BCUT2D eigenvalue weighted by Gasteiger charge is -2.21. The zero-order valence-corrected chi connectivity index (χ0v) is 12.8. The average Bonchev–Trinajstić information content (AvgIpc) is 2.32. The van der Waals surface area contributed by atoms with Gasteiger partial charge in [-0.2, -0.15) is 0 Å². The molecular weight excluding hydrogens is 274 g/mol. The summed E-state index contributed by atoms with van der Waals surface area (Å²) >= 11 is 0. The normalized spacial score (nSPS) is 21.4. The number of sulfone groups is 1. The van der Waals surface area contributed by atoms with Gasteiger partial charge in [0, 0.05) is 12.1 Å². The van der Waals surface area contributed by atoms with Crippen molar-refractivity contribution in [3.05, 3.63) is 29.3 Å². The number of hydrogen-bond acceptors (Lipinski definition) is 3. The summed E-state index contributed by atoms with van der Waals surface area (Å²) in [6, 6.07) is 5.78. The number of aryl methyl sites for hydroxylation is 2. The molecule has 1 aliphatic heterocycles. The molecule has 1 unspecified atom stereocenters. The van der Waals surface area contributed by atoms with Gasteiger partial charge in [-0.05, 0) is 55.9 Å². The van der Waals surface area contributed by atoms with E-state index in [0.29, 0.717) is 6.42 Å². The predicted molar refractivity (Wildman–Crippen MR) is 80.5 cm³/mol. The zero-order chi connectivity index (χ0) is 14.8. The molecule has 4 nitrogen and oxygen atoms in total. The van der Waals surface area contributed by atoms with E-state index in [1.54, 1.807) is 0 Å². The minimum absolute atomic E-state index is 0.0414. The van der Waals surface area contributed by atoms with Gasteiger partial charge < -0.3 is 5.32 Å². The van der Waals surface area contributed by atoms with Crippen molar-refractivity contribution in [2.45, 2.75) is 33.1 Å². The molecule has 0 bridgehead atoms. The molecule has 1 amide bonds. The molecule has 1 atom stereocenters. The van der Waals surface area contributed by atoms with Crippen molar-refractivity contribution in [3.63, 3.8) is 0 Å². The number of amides is 1. The molecule has 20 heavy (non-hydrogen) atoms. The third kappa shape index (κ3) is 4.07. The molecule has 1 N–H and O–H groups in total. The minimum atomic E-state index is -2.94. The molecule has 1 aliphatic rings. The lowest BCUT2D eigenvalue weighted by molar-refractivity contribution is -0.117. The fourth-order valence-corrected chi connectivity index (χ4v) is 4.35. The van der Waals surface area contributed by atoms with E-state index in [1.807, 2.05) is 32.0 Å². The Bertz CT molecular complexity index is 608. The molecular formula is C15H21NO3S. The van der Waals surface area contributed by atoms with Crippen LogP contribution in [0.25, 0.3) is 0 Å². The van der Waals surface area contributed by atoms with Gasteiger partial charge in [-0.3, -0.25) is 4.79 Å². The maximum Gasteiger partial charge on any atom is 0.224 e. The van der Waals surface area contributed by atoms with Gasteiger partial charge in [0.2, 0.25) is 5.91 Å². The van der Waals surface area contributed by atoms with Crippen molar-refractivity contribution in [2.24, 2.45) is 5.92 Å². The summed E-state index contributed by atoms with van der Waals surface area (Å²) in [5.41, 5.74) is 3.08. The second kappa shape index (κ2) is 5.95. The highest BCUT2D eigenvalue weighted by atomic mass is 32.2. The standard InChI is InChI=1S/C15H21NO3S/c1-11-5-6-14(8-12(11)2)16-15(17)9-13-4-3-7-20(18,19)10-13/h5-6,8,13H,3-4,7,9-10H2,1-2H3,(H,16,17). The van der Waals surface area contributed by atoms with Crippen LogP contribution < -0.4 is 5.32 Å². The van der Waals surface area contributed by atoms with E-state index < -0.39 is 9.84 Å². The number of carbonyl (C=O) groups excluding carboxylic acids is 1. The molecule has 110 valence electrons. The molecule has 0 aromatic heterocycles. The summed E-state index contributed by atoms with van der Waals surface area (Å²) in [6.07, 6.45) is 1.77. The minimum Gasteiger partial charge on any atom is -0.326 e. The molecule has 0 radical (unpaired) electrons. The van der Waals surface area contributed by atoms with Gasteiger partial charge in [0.15, 0.2) is 9.84 Å². The fourth-order valence-electron chi connectivity index (χ4n) is 2.57. The van der Waals surface area contributed by atoms with Crippen molar-refractivity contribution in [1.29, 1.82) is 0 Å². The van der Waals surface area contributed by atoms with E-state index in [1.165, 1.54) is 5.56 Å². The molecule has 0 spiro atoms. The number of anilines is 1. The van der Waals surface area contributed by atoms with Crippen LogP contribution in [0, 0.1) is 19.8 Å². The summed E-state index contributed by atoms with van der Waals surface area (Å²) in [4.78, 5) is 12.0. The SMILES string of the molecule is Cc1ccc(NC(=O)CC2CCCS(=O)(=O)C2)cc1C. The maximum atomic E-state index is 12.0. The summed E-state index contributed by atoms with van der Waals surface area (Å²) < 4.78 is 23.1.